The Bertz CT molecular complexity index is 849. The molecule has 1 N–H and O–H groups in total. The van der Waals surface area contributed by atoms with Crippen molar-refractivity contribution in [3.63, 3.8) is 0 Å². The number of anilines is 2. The van der Waals surface area contributed by atoms with Crippen LogP contribution in [0.5, 0.6) is 0 Å². The van der Waals surface area contributed by atoms with Gasteiger partial charge in [-0.15, -0.1) is 0 Å². The van der Waals surface area contributed by atoms with E-state index in [9.17, 15) is 9.90 Å². The van der Waals surface area contributed by atoms with Crippen molar-refractivity contribution in [1.29, 1.82) is 0 Å². The molecular weight excluding hydrogens is 292 g/mol. The molecule has 2 aromatic rings. The van der Waals surface area contributed by atoms with E-state index >= 15 is 0 Å². The number of fused-ring (bicyclic) bond motifs is 1. The van der Waals surface area contributed by atoms with Crippen molar-refractivity contribution < 1.29 is 9.90 Å². The van der Waals surface area contributed by atoms with Crippen LogP contribution in [-0.2, 0) is 5.41 Å². The Labute approximate surface area is 134 Å². The molecule has 0 aliphatic carbocycles. The molecule has 0 amide bonds. The first-order valence-electron chi connectivity index (χ1n) is 7.19. The van der Waals surface area contributed by atoms with Crippen molar-refractivity contribution in [2.75, 3.05) is 11.4 Å². The summed E-state index contributed by atoms with van der Waals surface area (Å²) in [6, 6.07) is 3.76. The Morgan fingerprint density at radius 2 is 2.17 bits per heavy atom. The van der Waals surface area contributed by atoms with Crippen molar-refractivity contribution >= 4 is 17.5 Å². The summed E-state index contributed by atoms with van der Waals surface area (Å²) in [5.41, 5.74) is 2.31. The van der Waals surface area contributed by atoms with Gasteiger partial charge in [0.15, 0.2) is 5.82 Å². The van der Waals surface area contributed by atoms with Gasteiger partial charge in [-0.2, -0.15) is 0 Å². The van der Waals surface area contributed by atoms with Gasteiger partial charge in [0.05, 0.1) is 11.4 Å². The zero-order valence-electron chi connectivity index (χ0n) is 13.2. The lowest BCUT2D eigenvalue weighted by Gasteiger charge is -2.21. The number of carboxylic acid groups (broad SMARTS) is 1. The van der Waals surface area contributed by atoms with Crippen LogP contribution in [0.3, 0.4) is 0 Å². The molecular formula is C17H16N4O2. The first kappa shape index (κ1) is 15.0. The lowest BCUT2D eigenvalue weighted by Crippen LogP contribution is -2.27. The van der Waals surface area contributed by atoms with Crippen molar-refractivity contribution in [1.82, 2.24) is 15.0 Å². The fraction of sp³-hybridized carbons (Fsp3) is 0.294. The lowest BCUT2D eigenvalue weighted by atomic mass is 9.91. The molecule has 0 bridgehead atoms. The molecule has 0 saturated carbocycles. The highest BCUT2D eigenvalue weighted by Gasteiger charge is 2.39. The Morgan fingerprint density at radius 3 is 2.87 bits per heavy atom. The maximum atomic E-state index is 11.5. The average Bonchev–Trinajstić information content (AvgIpc) is 2.79. The molecule has 0 aromatic carbocycles. The molecule has 0 spiro atoms. The second-order valence-electron chi connectivity index (χ2n) is 5.97. The number of aromatic carboxylic acids is 1. The zero-order chi connectivity index (χ0) is 16.6. The number of carboxylic acids is 1. The average molecular weight is 308 g/mol. The molecule has 116 valence electrons. The number of pyridine rings is 1. The first-order valence-corrected chi connectivity index (χ1v) is 7.19. The Hall–Kier alpha value is -2.94. The van der Waals surface area contributed by atoms with E-state index in [1.54, 1.807) is 6.92 Å². The van der Waals surface area contributed by atoms with E-state index in [4.69, 9.17) is 0 Å². The number of hydrogen-bond donors (Lipinski definition) is 1. The molecule has 0 saturated heterocycles. The molecule has 0 unspecified atom stereocenters. The number of hydrogen-bond acceptors (Lipinski definition) is 5. The Kier molecular flexibility index (Phi) is 3.49. The second-order valence-corrected chi connectivity index (χ2v) is 5.97. The Balaban J connectivity index is 2.16. The normalized spacial score (nSPS) is 14.8. The molecule has 0 radical (unpaired) electrons. The first-order chi connectivity index (χ1) is 10.9. The molecule has 0 atom stereocenters. The van der Waals surface area contributed by atoms with Gasteiger partial charge in [-0.1, -0.05) is 19.8 Å². The van der Waals surface area contributed by atoms with E-state index in [1.807, 2.05) is 17.0 Å². The largest absolute Gasteiger partial charge is 0.477 e. The summed E-state index contributed by atoms with van der Waals surface area (Å²) < 4.78 is 0. The summed E-state index contributed by atoms with van der Waals surface area (Å²) >= 11 is 0. The number of rotatable bonds is 2. The van der Waals surface area contributed by atoms with Crippen molar-refractivity contribution in [2.24, 2.45) is 0 Å². The maximum absolute atomic E-state index is 11.5. The van der Waals surface area contributed by atoms with Crippen LogP contribution in [-0.4, -0.2) is 32.6 Å². The van der Waals surface area contributed by atoms with Gasteiger partial charge in [0.1, 0.15) is 17.6 Å². The summed E-state index contributed by atoms with van der Waals surface area (Å²) in [5.74, 6) is 5.14. The van der Waals surface area contributed by atoms with Crippen LogP contribution in [0.2, 0.25) is 0 Å². The summed E-state index contributed by atoms with van der Waals surface area (Å²) in [7, 11) is 0. The van der Waals surface area contributed by atoms with Crippen molar-refractivity contribution in [2.45, 2.75) is 26.2 Å². The second kappa shape index (κ2) is 5.36. The highest BCUT2D eigenvalue weighted by molar-refractivity contribution is 5.94. The van der Waals surface area contributed by atoms with Gasteiger partial charge in [-0.25, -0.2) is 19.7 Å². The van der Waals surface area contributed by atoms with Crippen LogP contribution >= 0.6 is 0 Å². The third-order valence-corrected chi connectivity index (χ3v) is 3.79. The monoisotopic (exact) mass is 308 g/mol. The van der Waals surface area contributed by atoms with E-state index in [0.29, 0.717) is 18.1 Å². The van der Waals surface area contributed by atoms with Gasteiger partial charge in [0.2, 0.25) is 0 Å². The van der Waals surface area contributed by atoms with E-state index in [0.717, 1.165) is 11.4 Å². The molecule has 6 nitrogen and oxygen atoms in total. The topological polar surface area (TPSA) is 79.2 Å². The summed E-state index contributed by atoms with van der Waals surface area (Å²) in [6.07, 6.45) is 2.68. The van der Waals surface area contributed by atoms with Crippen LogP contribution in [0.1, 0.15) is 42.5 Å². The zero-order valence-corrected chi connectivity index (χ0v) is 13.2. The highest BCUT2D eigenvalue weighted by Crippen LogP contribution is 2.43. The molecule has 1 aliphatic heterocycles. The molecule has 3 heterocycles. The highest BCUT2D eigenvalue weighted by atomic mass is 16.4. The SMILES string of the molecule is CC#Cc1ccc2c(n1)C(C)(C)CN2c1ncncc1C(=O)O. The minimum Gasteiger partial charge on any atom is -0.477 e. The van der Waals surface area contributed by atoms with Crippen molar-refractivity contribution in [3.8, 4) is 11.8 Å². The maximum Gasteiger partial charge on any atom is 0.341 e. The van der Waals surface area contributed by atoms with Gasteiger partial charge in [-0.3, -0.25) is 0 Å². The lowest BCUT2D eigenvalue weighted by molar-refractivity contribution is 0.0696. The fourth-order valence-electron chi connectivity index (χ4n) is 2.80. The summed E-state index contributed by atoms with van der Waals surface area (Å²) in [6.45, 7) is 6.51. The van der Waals surface area contributed by atoms with Gasteiger partial charge in [-0.05, 0) is 25.0 Å². The predicted molar refractivity (Wildman–Crippen MR) is 85.8 cm³/mol. The van der Waals surface area contributed by atoms with E-state index in [-0.39, 0.29) is 11.0 Å². The third kappa shape index (κ3) is 2.50. The minimum atomic E-state index is -1.05. The summed E-state index contributed by atoms with van der Waals surface area (Å²) in [5, 5.41) is 9.38. The van der Waals surface area contributed by atoms with E-state index in [2.05, 4.69) is 40.6 Å². The third-order valence-electron chi connectivity index (χ3n) is 3.79. The molecule has 23 heavy (non-hydrogen) atoms. The standard InChI is InChI=1S/C17H16N4O2/c1-4-5-11-6-7-13-14(20-11)17(2,3)9-21(13)15-12(16(22)23)8-18-10-19-15/h6-8,10H,9H2,1-3H3,(H,22,23). The van der Waals surface area contributed by atoms with Crippen LogP contribution < -0.4 is 4.90 Å². The van der Waals surface area contributed by atoms with E-state index in [1.165, 1.54) is 12.5 Å². The Morgan fingerprint density at radius 1 is 1.39 bits per heavy atom. The fourth-order valence-corrected chi connectivity index (χ4v) is 2.80. The van der Waals surface area contributed by atoms with Crippen LogP contribution in [0, 0.1) is 11.8 Å². The molecule has 2 aromatic heterocycles. The van der Waals surface area contributed by atoms with Gasteiger partial charge in [0, 0.05) is 18.2 Å². The van der Waals surface area contributed by atoms with Gasteiger partial charge >= 0.3 is 5.97 Å². The molecule has 0 fully saturated rings. The number of nitrogens with zero attached hydrogens (tertiary/aromatic N) is 4. The quantitative estimate of drug-likeness (QED) is 0.858. The summed E-state index contributed by atoms with van der Waals surface area (Å²) in [4.78, 5) is 26.0. The van der Waals surface area contributed by atoms with Crippen LogP contribution in [0.4, 0.5) is 11.5 Å². The van der Waals surface area contributed by atoms with Gasteiger partial charge < -0.3 is 10.0 Å². The smallest absolute Gasteiger partial charge is 0.341 e. The molecule has 3 rings (SSSR count). The van der Waals surface area contributed by atoms with Crippen molar-refractivity contribution in [3.05, 3.63) is 41.6 Å². The van der Waals surface area contributed by atoms with Crippen LogP contribution in [0.25, 0.3) is 0 Å². The predicted octanol–water partition coefficient (Wildman–Crippen LogP) is 2.37. The number of carbonyl (C=O) groups is 1. The van der Waals surface area contributed by atoms with Gasteiger partial charge in [0.25, 0.3) is 0 Å². The van der Waals surface area contributed by atoms with Crippen LogP contribution in [0.15, 0.2) is 24.7 Å². The van der Waals surface area contributed by atoms with E-state index < -0.39 is 5.97 Å². The minimum absolute atomic E-state index is 0.0774. The number of aromatic nitrogens is 3. The molecule has 6 heteroatoms. The molecule has 1 aliphatic rings.